The number of ether oxygens (including phenoxy) is 2. The van der Waals surface area contributed by atoms with Crippen molar-refractivity contribution in [1.29, 1.82) is 0 Å². The highest BCUT2D eigenvalue weighted by atomic mass is 32.2. The van der Waals surface area contributed by atoms with Gasteiger partial charge in [0.25, 0.3) is 0 Å². The van der Waals surface area contributed by atoms with Crippen LogP contribution in [0, 0.1) is 0 Å². The fourth-order valence-electron chi connectivity index (χ4n) is 2.21. The van der Waals surface area contributed by atoms with E-state index in [1.165, 1.54) is 43.9 Å². The molecule has 26 heavy (non-hydrogen) atoms. The predicted octanol–water partition coefficient (Wildman–Crippen LogP) is 2.74. The van der Waals surface area contributed by atoms with E-state index < -0.39 is 16.0 Å². The molecule has 0 spiro atoms. The van der Waals surface area contributed by atoms with Crippen LogP contribution in [0.4, 0.5) is 0 Å². The van der Waals surface area contributed by atoms with Crippen LogP contribution in [0.1, 0.15) is 22.8 Å². The zero-order valence-corrected chi connectivity index (χ0v) is 16.0. The monoisotopic (exact) mass is 377 g/mol. The number of sulfonamides is 1. The molecule has 0 aliphatic rings. The molecule has 0 saturated heterocycles. The Kier molecular flexibility index (Phi) is 6.76. The third-order valence-electron chi connectivity index (χ3n) is 3.76. The van der Waals surface area contributed by atoms with E-state index in [1.807, 2.05) is 24.3 Å². The minimum Gasteiger partial charge on any atom is -0.490 e. The summed E-state index contributed by atoms with van der Waals surface area (Å²) in [5.74, 6) is 0.211. The largest absolute Gasteiger partial charge is 0.490 e. The number of carbonyl (C=O) groups excluding carboxylic acids is 1. The Morgan fingerprint density at radius 3 is 2.35 bits per heavy atom. The molecule has 6 nitrogen and oxygen atoms in total. The Balaban J connectivity index is 1.86. The van der Waals surface area contributed by atoms with Gasteiger partial charge in [-0.3, -0.25) is 0 Å². The highest BCUT2D eigenvalue weighted by molar-refractivity contribution is 7.89. The maximum atomic E-state index is 12.0. The van der Waals surface area contributed by atoms with Crippen LogP contribution < -0.4 is 4.74 Å². The summed E-state index contributed by atoms with van der Waals surface area (Å²) in [5.41, 5.74) is 1.46. The molecule has 0 fully saturated rings. The smallest absolute Gasteiger partial charge is 0.338 e. The second-order valence-corrected chi connectivity index (χ2v) is 7.95. The third-order valence-corrected chi connectivity index (χ3v) is 5.59. The predicted molar refractivity (Wildman–Crippen MR) is 98.9 cm³/mol. The third kappa shape index (κ3) is 5.06. The Hall–Kier alpha value is -2.38. The lowest BCUT2D eigenvalue weighted by Gasteiger charge is -2.11. The molecular formula is C19H23NO5S. The molecule has 0 aliphatic heterocycles. The van der Waals surface area contributed by atoms with Gasteiger partial charge in [-0.1, -0.05) is 19.1 Å². The van der Waals surface area contributed by atoms with Crippen molar-refractivity contribution in [1.82, 2.24) is 4.31 Å². The van der Waals surface area contributed by atoms with E-state index in [1.54, 1.807) is 0 Å². The maximum Gasteiger partial charge on any atom is 0.338 e. The SMILES string of the molecule is CCc1cccc(OCCOC(=O)c2ccc(S(=O)(=O)N(C)C)cc2)c1. The maximum absolute atomic E-state index is 12.0. The first-order chi connectivity index (χ1) is 12.3. The van der Waals surface area contributed by atoms with Crippen LogP contribution >= 0.6 is 0 Å². The van der Waals surface area contributed by atoms with E-state index in [9.17, 15) is 13.2 Å². The van der Waals surface area contributed by atoms with E-state index in [4.69, 9.17) is 9.47 Å². The van der Waals surface area contributed by atoms with E-state index in [2.05, 4.69) is 6.92 Å². The second-order valence-electron chi connectivity index (χ2n) is 5.80. The minimum absolute atomic E-state index is 0.104. The van der Waals surface area contributed by atoms with Crippen molar-refractivity contribution in [3.8, 4) is 5.75 Å². The van der Waals surface area contributed by atoms with Gasteiger partial charge in [-0.05, 0) is 48.4 Å². The van der Waals surface area contributed by atoms with E-state index >= 15 is 0 Å². The first-order valence-electron chi connectivity index (χ1n) is 8.26. The average Bonchev–Trinajstić information content (AvgIpc) is 2.65. The lowest BCUT2D eigenvalue weighted by Crippen LogP contribution is -2.22. The molecule has 0 N–H and O–H groups in total. The van der Waals surface area contributed by atoms with Crippen molar-refractivity contribution in [2.75, 3.05) is 27.3 Å². The van der Waals surface area contributed by atoms with Gasteiger partial charge in [-0.25, -0.2) is 17.5 Å². The molecule has 0 saturated carbocycles. The average molecular weight is 377 g/mol. The van der Waals surface area contributed by atoms with E-state index in [0.717, 1.165) is 16.5 Å². The number of aryl methyl sites for hydroxylation is 1. The Morgan fingerprint density at radius 1 is 1.04 bits per heavy atom. The molecule has 140 valence electrons. The van der Waals surface area contributed by atoms with Gasteiger partial charge in [0.05, 0.1) is 10.5 Å². The normalized spacial score (nSPS) is 11.4. The molecule has 2 aromatic carbocycles. The summed E-state index contributed by atoms with van der Waals surface area (Å²) in [7, 11) is -0.611. The number of rotatable bonds is 8. The molecule has 7 heteroatoms. The van der Waals surface area contributed by atoms with Crippen molar-refractivity contribution in [3.05, 3.63) is 59.7 Å². The summed E-state index contributed by atoms with van der Waals surface area (Å²) in [5, 5.41) is 0. The Bertz CT molecular complexity index is 844. The Morgan fingerprint density at radius 2 is 1.73 bits per heavy atom. The van der Waals surface area contributed by atoms with Crippen molar-refractivity contribution in [2.45, 2.75) is 18.2 Å². The molecule has 0 atom stereocenters. The van der Waals surface area contributed by atoms with Gasteiger partial charge >= 0.3 is 5.97 Å². The topological polar surface area (TPSA) is 72.9 Å². The summed E-state index contributed by atoms with van der Waals surface area (Å²) in [4.78, 5) is 12.1. The van der Waals surface area contributed by atoms with Crippen LogP contribution in [0.2, 0.25) is 0 Å². The summed E-state index contributed by atoms with van der Waals surface area (Å²) < 4.78 is 35.8. The molecule has 0 aliphatic carbocycles. The molecule has 0 bridgehead atoms. The van der Waals surface area contributed by atoms with Crippen LogP contribution in [0.5, 0.6) is 5.75 Å². The van der Waals surface area contributed by atoms with E-state index in [-0.39, 0.29) is 23.7 Å². The van der Waals surface area contributed by atoms with Gasteiger partial charge in [0, 0.05) is 14.1 Å². The van der Waals surface area contributed by atoms with Gasteiger partial charge in [-0.2, -0.15) is 0 Å². The van der Waals surface area contributed by atoms with Gasteiger partial charge in [0.2, 0.25) is 10.0 Å². The molecule has 0 heterocycles. The summed E-state index contributed by atoms with van der Waals surface area (Å²) in [6.45, 7) is 2.41. The summed E-state index contributed by atoms with van der Waals surface area (Å²) in [6, 6.07) is 13.4. The van der Waals surface area contributed by atoms with Crippen molar-refractivity contribution >= 4 is 16.0 Å². The number of esters is 1. The number of benzene rings is 2. The van der Waals surface area contributed by atoms with Crippen LogP contribution in [0.3, 0.4) is 0 Å². The molecule has 0 amide bonds. The van der Waals surface area contributed by atoms with Crippen LogP contribution in [-0.4, -0.2) is 46.0 Å². The number of hydrogen-bond donors (Lipinski definition) is 0. The highest BCUT2D eigenvalue weighted by Crippen LogP contribution is 2.15. The standard InChI is InChI=1S/C19H23NO5S/c1-4-15-6-5-7-17(14-15)24-12-13-25-19(21)16-8-10-18(11-9-16)26(22,23)20(2)3/h5-11,14H,4,12-13H2,1-3H3. The van der Waals surface area contributed by atoms with Gasteiger partial charge < -0.3 is 9.47 Å². The minimum atomic E-state index is -3.52. The van der Waals surface area contributed by atoms with Gasteiger partial charge in [-0.15, -0.1) is 0 Å². The molecule has 2 rings (SSSR count). The van der Waals surface area contributed by atoms with Crippen molar-refractivity contribution < 1.29 is 22.7 Å². The lowest BCUT2D eigenvalue weighted by atomic mass is 10.2. The molecule has 0 radical (unpaired) electrons. The van der Waals surface area contributed by atoms with Crippen LogP contribution in [-0.2, 0) is 21.2 Å². The number of carbonyl (C=O) groups is 1. The Labute approximate surface area is 154 Å². The quantitative estimate of drug-likeness (QED) is 0.522. The zero-order valence-electron chi connectivity index (χ0n) is 15.1. The fraction of sp³-hybridized carbons (Fsp3) is 0.316. The first kappa shape index (κ1) is 19.9. The number of hydrogen-bond acceptors (Lipinski definition) is 5. The molecule has 2 aromatic rings. The first-order valence-corrected chi connectivity index (χ1v) is 9.70. The highest BCUT2D eigenvalue weighted by Gasteiger charge is 2.17. The van der Waals surface area contributed by atoms with Gasteiger partial charge in [0.15, 0.2) is 0 Å². The molecular weight excluding hydrogens is 354 g/mol. The van der Waals surface area contributed by atoms with Gasteiger partial charge in [0.1, 0.15) is 19.0 Å². The molecule has 0 unspecified atom stereocenters. The van der Waals surface area contributed by atoms with Crippen molar-refractivity contribution in [3.63, 3.8) is 0 Å². The van der Waals surface area contributed by atoms with E-state index in [0.29, 0.717) is 0 Å². The van der Waals surface area contributed by atoms with Crippen LogP contribution in [0.25, 0.3) is 0 Å². The summed E-state index contributed by atoms with van der Waals surface area (Å²) >= 11 is 0. The fourth-order valence-corrected chi connectivity index (χ4v) is 3.11. The van der Waals surface area contributed by atoms with Crippen LogP contribution in [0.15, 0.2) is 53.4 Å². The summed E-state index contributed by atoms with van der Waals surface area (Å²) in [6.07, 6.45) is 0.922. The molecule has 0 aromatic heterocycles. The van der Waals surface area contributed by atoms with Crippen molar-refractivity contribution in [2.24, 2.45) is 0 Å². The number of nitrogens with zero attached hydrogens (tertiary/aromatic N) is 1. The second kappa shape index (κ2) is 8.82. The lowest BCUT2D eigenvalue weighted by molar-refractivity contribution is 0.0450. The zero-order chi connectivity index (χ0) is 19.2.